The minimum Gasteiger partial charge on any atom is -0.453 e. The number of nitrogens with zero attached hydrogens (tertiary/aromatic N) is 5. The highest BCUT2D eigenvalue weighted by Gasteiger charge is 2.22. The van der Waals surface area contributed by atoms with Crippen LogP contribution in [0.5, 0.6) is 0 Å². The molecule has 3 heterocycles. The lowest BCUT2D eigenvalue weighted by atomic mass is 10.1. The number of carbonyl (C=O) groups excluding carboxylic acids is 3. The highest BCUT2D eigenvalue weighted by atomic mass is 16.5. The van der Waals surface area contributed by atoms with Crippen molar-refractivity contribution in [2.45, 2.75) is 45.7 Å². The van der Waals surface area contributed by atoms with Crippen LogP contribution in [0.4, 0.5) is 10.5 Å². The number of aromatic nitrogens is 5. The Kier molecular flexibility index (Phi) is 9.90. The summed E-state index contributed by atoms with van der Waals surface area (Å²) in [6.45, 7) is 4.31. The monoisotopic (exact) mass is 538 g/mol. The third kappa shape index (κ3) is 7.97. The lowest BCUT2D eigenvalue weighted by Crippen LogP contribution is -2.44. The predicted octanol–water partition coefficient (Wildman–Crippen LogP) is 1.85. The molecule has 0 spiro atoms. The number of pyridine rings is 1. The fourth-order valence-electron chi connectivity index (χ4n) is 3.74. The number of H-pyrrole nitrogens is 1. The van der Waals surface area contributed by atoms with Crippen molar-refractivity contribution < 1.29 is 19.1 Å². The number of fused-ring (bicyclic) bond motifs is 1. The Balaban J connectivity index is 1.75. The van der Waals surface area contributed by atoms with E-state index in [2.05, 4.69) is 49.2 Å². The van der Waals surface area contributed by atoms with Crippen LogP contribution < -0.4 is 16.2 Å². The van der Waals surface area contributed by atoms with Crippen LogP contribution in [-0.2, 0) is 27.3 Å². The van der Waals surface area contributed by atoms with Crippen LogP contribution in [0.15, 0.2) is 41.6 Å². The first-order valence-corrected chi connectivity index (χ1v) is 12.5. The first-order valence-electron chi connectivity index (χ1n) is 12.5. The van der Waals surface area contributed by atoms with Crippen molar-refractivity contribution in [3.05, 3.63) is 58.7 Å². The number of imidazole rings is 1. The Labute approximate surface area is 225 Å². The largest absolute Gasteiger partial charge is 0.453 e. The summed E-state index contributed by atoms with van der Waals surface area (Å²) in [5.74, 6) is 0.117. The summed E-state index contributed by atoms with van der Waals surface area (Å²) in [5.41, 5.74) is 1.69. The standard InChI is InChI=1S/C26H34N8O5/c1-16(2)13-19-22-23(28-15-27-19)32-20(31-22)14-34-12-8-10-18(25(34)37)29-24(36)17(30-26(38)39-5)9-6-7-11-21(35)33(3)4/h7-8,10-12,15-17H,6,9,13-14H2,1-5H3,(H,29,36)(H,30,38)(H,27,28,31,32)/b11-7+/t17-/m0/s1. The maximum atomic E-state index is 13.1. The van der Waals surface area contributed by atoms with Crippen LogP contribution in [0.25, 0.3) is 11.2 Å². The summed E-state index contributed by atoms with van der Waals surface area (Å²) < 4.78 is 6.03. The quantitative estimate of drug-likeness (QED) is 0.311. The van der Waals surface area contributed by atoms with Crippen LogP contribution in [0.3, 0.4) is 0 Å². The number of rotatable bonds is 11. The molecular weight excluding hydrogens is 504 g/mol. The number of anilines is 1. The van der Waals surface area contributed by atoms with Gasteiger partial charge in [0.15, 0.2) is 5.65 Å². The van der Waals surface area contributed by atoms with Gasteiger partial charge in [-0.15, -0.1) is 0 Å². The summed E-state index contributed by atoms with van der Waals surface area (Å²) in [6, 6.07) is 2.10. The Bertz CT molecular complexity index is 1410. The fraction of sp³-hybridized carbons (Fsp3) is 0.423. The van der Waals surface area contributed by atoms with Gasteiger partial charge in [-0.05, 0) is 43.4 Å². The van der Waals surface area contributed by atoms with E-state index >= 15 is 0 Å². The minimum absolute atomic E-state index is 0.0360. The van der Waals surface area contributed by atoms with Crippen LogP contribution >= 0.6 is 0 Å². The second-order valence-corrected chi connectivity index (χ2v) is 9.55. The van der Waals surface area contributed by atoms with E-state index in [1.807, 2.05) is 0 Å². The van der Waals surface area contributed by atoms with Crippen molar-refractivity contribution in [1.82, 2.24) is 34.7 Å². The second kappa shape index (κ2) is 13.3. The molecule has 0 unspecified atom stereocenters. The molecule has 3 aromatic heterocycles. The van der Waals surface area contributed by atoms with Gasteiger partial charge in [-0.1, -0.05) is 19.9 Å². The van der Waals surface area contributed by atoms with Crippen LogP contribution in [-0.4, -0.2) is 74.6 Å². The molecule has 3 aromatic rings. The maximum absolute atomic E-state index is 13.1. The first-order chi connectivity index (χ1) is 18.6. The van der Waals surface area contributed by atoms with Gasteiger partial charge in [0.1, 0.15) is 29.4 Å². The molecule has 0 bridgehead atoms. The lowest BCUT2D eigenvalue weighted by Gasteiger charge is -2.17. The number of allylic oxidation sites excluding steroid dienone is 1. The number of amides is 3. The highest BCUT2D eigenvalue weighted by Crippen LogP contribution is 2.16. The van der Waals surface area contributed by atoms with E-state index in [0.29, 0.717) is 23.8 Å². The Morgan fingerprint density at radius 2 is 2.00 bits per heavy atom. The number of nitrogens with one attached hydrogen (secondary N) is 3. The molecule has 3 rings (SSSR count). The molecule has 0 fully saturated rings. The van der Waals surface area contributed by atoms with Gasteiger partial charge in [0.05, 0.1) is 19.3 Å². The van der Waals surface area contributed by atoms with E-state index in [0.717, 1.165) is 17.6 Å². The number of aromatic amines is 1. The molecule has 13 heteroatoms. The summed E-state index contributed by atoms with van der Waals surface area (Å²) in [4.78, 5) is 67.4. The van der Waals surface area contributed by atoms with Gasteiger partial charge in [-0.3, -0.25) is 14.4 Å². The number of likely N-dealkylation sites (N-methyl/N-ethyl adjacent to an activating group) is 1. The van der Waals surface area contributed by atoms with Gasteiger partial charge in [0.25, 0.3) is 5.56 Å². The normalized spacial score (nSPS) is 12.1. The molecule has 0 radical (unpaired) electrons. The molecule has 0 saturated carbocycles. The number of hydrogen-bond donors (Lipinski definition) is 3. The van der Waals surface area contributed by atoms with Crippen LogP contribution in [0.2, 0.25) is 0 Å². The molecule has 0 aromatic carbocycles. The number of methoxy groups -OCH3 is 1. The maximum Gasteiger partial charge on any atom is 0.407 e. The van der Waals surface area contributed by atoms with Crippen molar-refractivity contribution in [1.29, 1.82) is 0 Å². The zero-order chi connectivity index (χ0) is 28.5. The molecule has 39 heavy (non-hydrogen) atoms. The number of carbonyl (C=O) groups is 3. The average Bonchev–Trinajstić information content (AvgIpc) is 3.31. The molecule has 3 N–H and O–H groups in total. The zero-order valence-electron chi connectivity index (χ0n) is 22.7. The molecule has 0 saturated heterocycles. The van der Waals surface area contributed by atoms with Gasteiger partial charge >= 0.3 is 6.09 Å². The Hall–Kier alpha value is -4.55. The Morgan fingerprint density at radius 1 is 1.23 bits per heavy atom. The molecular formula is C26H34N8O5. The molecule has 1 atom stereocenters. The second-order valence-electron chi connectivity index (χ2n) is 9.55. The topological polar surface area (TPSA) is 164 Å². The molecule has 208 valence electrons. The van der Waals surface area contributed by atoms with Crippen molar-refractivity contribution in [2.24, 2.45) is 5.92 Å². The molecule has 3 amide bonds. The third-order valence-corrected chi connectivity index (χ3v) is 5.73. The fourth-order valence-corrected chi connectivity index (χ4v) is 3.74. The SMILES string of the molecule is COC(=O)N[C@@H](CC/C=C/C(=O)N(C)C)C(=O)Nc1cccn(Cc2nc3ncnc(CC(C)C)c3[nH]2)c1=O. The zero-order valence-corrected chi connectivity index (χ0v) is 22.7. The smallest absolute Gasteiger partial charge is 0.407 e. The summed E-state index contributed by atoms with van der Waals surface area (Å²) in [5, 5.41) is 5.06. The Morgan fingerprint density at radius 3 is 2.69 bits per heavy atom. The van der Waals surface area contributed by atoms with Gasteiger partial charge in [-0.25, -0.2) is 19.7 Å². The van der Waals surface area contributed by atoms with Crippen molar-refractivity contribution in [3.63, 3.8) is 0 Å². The van der Waals surface area contributed by atoms with Gasteiger partial charge < -0.3 is 29.8 Å². The molecule has 0 aliphatic rings. The number of hydrogen-bond acceptors (Lipinski definition) is 8. The van der Waals surface area contributed by atoms with E-state index in [-0.39, 0.29) is 24.6 Å². The van der Waals surface area contributed by atoms with E-state index in [9.17, 15) is 19.2 Å². The average molecular weight is 539 g/mol. The van der Waals surface area contributed by atoms with Gasteiger partial charge in [-0.2, -0.15) is 0 Å². The van der Waals surface area contributed by atoms with Gasteiger partial charge in [0, 0.05) is 20.3 Å². The molecule has 0 aliphatic heterocycles. The number of alkyl carbamates (subject to hydrolysis) is 1. The van der Waals surface area contributed by atoms with Crippen molar-refractivity contribution in [2.75, 3.05) is 26.5 Å². The van der Waals surface area contributed by atoms with Crippen LogP contribution in [0, 0.1) is 5.92 Å². The summed E-state index contributed by atoms with van der Waals surface area (Å²) in [7, 11) is 4.44. The molecule has 0 aliphatic carbocycles. The van der Waals surface area contributed by atoms with Crippen LogP contribution in [0.1, 0.15) is 38.2 Å². The number of ether oxygens (including phenoxy) is 1. The first kappa shape index (κ1) is 29.0. The summed E-state index contributed by atoms with van der Waals surface area (Å²) in [6.07, 6.45) is 6.53. The predicted molar refractivity (Wildman–Crippen MR) is 145 cm³/mol. The molecule has 13 nitrogen and oxygen atoms in total. The van der Waals surface area contributed by atoms with Crippen molar-refractivity contribution in [3.8, 4) is 0 Å². The van der Waals surface area contributed by atoms with Crippen molar-refractivity contribution >= 4 is 34.8 Å². The summed E-state index contributed by atoms with van der Waals surface area (Å²) >= 11 is 0. The van der Waals surface area contributed by atoms with E-state index in [1.165, 1.54) is 35.0 Å². The minimum atomic E-state index is -1.00. The third-order valence-electron chi connectivity index (χ3n) is 5.73. The van der Waals surface area contributed by atoms with Gasteiger partial charge in [0.2, 0.25) is 11.8 Å². The van der Waals surface area contributed by atoms with E-state index < -0.39 is 23.6 Å². The van der Waals surface area contributed by atoms with E-state index in [4.69, 9.17) is 0 Å². The lowest BCUT2D eigenvalue weighted by molar-refractivity contribution is -0.123. The highest BCUT2D eigenvalue weighted by molar-refractivity contribution is 5.96. The van der Waals surface area contributed by atoms with E-state index in [1.54, 1.807) is 32.4 Å².